The van der Waals surface area contributed by atoms with Crippen molar-refractivity contribution in [1.29, 1.82) is 0 Å². The van der Waals surface area contributed by atoms with Crippen LogP contribution in [0.2, 0.25) is 0 Å². The summed E-state index contributed by atoms with van der Waals surface area (Å²) in [5, 5.41) is 2.82. The van der Waals surface area contributed by atoms with Crippen LogP contribution in [0.25, 0.3) is 0 Å². The lowest BCUT2D eigenvalue weighted by atomic mass is 9.76. The number of nitrogens with one attached hydrogen (secondary N) is 2. The molecule has 5 aromatic rings. The molecule has 0 radical (unpaired) electrons. The number of alkyl halides is 1. The van der Waals surface area contributed by atoms with Crippen molar-refractivity contribution in [2.45, 2.75) is 120 Å². The van der Waals surface area contributed by atoms with Crippen LogP contribution in [0.5, 0.6) is 17.2 Å². The summed E-state index contributed by atoms with van der Waals surface area (Å²) in [6.45, 7) is 18.5. The van der Waals surface area contributed by atoms with Gasteiger partial charge in [0.15, 0.2) is 0 Å². The van der Waals surface area contributed by atoms with E-state index < -0.39 is 37.9 Å². The maximum Gasteiger partial charge on any atom is 0.320 e. The third kappa shape index (κ3) is 12.1. The minimum absolute atomic E-state index is 0.00772. The molecule has 0 heterocycles. The van der Waals surface area contributed by atoms with Gasteiger partial charge in [-0.15, -0.1) is 0 Å². The minimum atomic E-state index is -4.28. The van der Waals surface area contributed by atoms with Crippen LogP contribution < -0.4 is 24.8 Å². The number of sulfone groups is 1. The first kappa shape index (κ1) is 49.4. The van der Waals surface area contributed by atoms with Gasteiger partial charge in [-0.05, 0) is 95.8 Å². The molecule has 0 saturated heterocycles. The number of hydrogen-bond donors (Lipinski definition) is 2. The molecule has 0 aliphatic carbocycles. The van der Waals surface area contributed by atoms with E-state index in [2.05, 4.69) is 64.3 Å². The topological polar surface area (TPSA) is 137 Å². The first-order valence-electron chi connectivity index (χ1n) is 21.6. The molecule has 0 bridgehead atoms. The maximum absolute atomic E-state index is 14.3. The Bertz CT molecular complexity index is 2520. The summed E-state index contributed by atoms with van der Waals surface area (Å²) >= 11 is 6.88. The lowest BCUT2D eigenvalue weighted by Gasteiger charge is -2.31. The second-order valence-corrected chi connectivity index (χ2v) is 20.6. The SMILES string of the molecule is CCC(C)(C)c1ccc(OCCCC(=O)Nc2cc(OC(Cl)(C(=O)Nc3ccccc3)C(=O)C(C)(C)C)ccc2S(=O)(=O)c2ccc(OCc3ccccc3)cc2)c(C(C)(C)CC)c1. The molecule has 0 aromatic heterocycles. The van der Waals surface area contributed by atoms with Crippen LogP contribution in [0.4, 0.5) is 11.4 Å². The van der Waals surface area contributed by atoms with Crippen molar-refractivity contribution in [2.75, 3.05) is 17.2 Å². The second kappa shape index (κ2) is 20.5. The Kier molecular flexibility index (Phi) is 15.8. The molecule has 5 rings (SSSR count). The number of ether oxygens (including phenoxy) is 3. The Morgan fingerprint density at radius 3 is 1.89 bits per heavy atom. The number of carbonyl (C=O) groups is 3. The normalized spacial score (nSPS) is 13.0. The van der Waals surface area contributed by atoms with Gasteiger partial charge in [-0.1, -0.05) is 135 Å². The van der Waals surface area contributed by atoms with Gasteiger partial charge < -0.3 is 24.8 Å². The van der Waals surface area contributed by atoms with Crippen LogP contribution in [0.3, 0.4) is 0 Å². The lowest BCUT2D eigenvalue weighted by Crippen LogP contribution is -2.54. The summed E-state index contributed by atoms with van der Waals surface area (Å²) in [4.78, 5) is 41.1. The predicted octanol–water partition coefficient (Wildman–Crippen LogP) is 11.8. The van der Waals surface area contributed by atoms with Gasteiger partial charge in [0.2, 0.25) is 21.5 Å². The van der Waals surface area contributed by atoms with Gasteiger partial charge in [0.1, 0.15) is 23.9 Å². The highest BCUT2D eigenvalue weighted by Gasteiger charge is 2.51. The van der Waals surface area contributed by atoms with Crippen LogP contribution in [-0.2, 0) is 41.7 Å². The number of para-hydroxylation sites is 1. The number of halogens is 1. The van der Waals surface area contributed by atoms with Crippen LogP contribution in [0.1, 0.15) is 105 Å². The van der Waals surface area contributed by atoms with E-state index in [4.69, 9.17) is 25.8 Å². The Hall–Kier alpha value is -5.65. The molecule has 0 aliphatic heterocycles. The zero-order valence-corrected chi connectivity index (χ0v) is 39.9. The molecule has 64 heavy (non-hydrogen) atoms. The number of ketones is 1. The summed E-state index contributed by atoms with van der Waals surface area (Å²) < 4.78 is 46.9. The molecule has 0 saturated carbocycles. The zero-order chi connectivity index (χ0) is 46.9. The average molecular weight is 910 g/mol. The lowest BCUT2D eigenvalue weighted by molar-refractivity contribution is -0.144. The predicted molar refractivity (Wildman–Crippen MR) is 254 cm³/mol. The van der Waals surface area contributed by atoms with Gasteiger partial charge >= 0.3 is 5.06 Å². The number of hydrogen-bond acceptors (Lipinski definition) is 8. The van der Waals surface area contributed by atoms with E-state index >= 15 is 0 Å². The van der Waals surface area contributed by atoms with Gasteiger partial charge in [0.05, 0.1) is 22.1 Å². The van der Waals surface area contributed by atoms with E-state index in [1.54, 1.807) is 63.2 Å². The van der Waals surface area contributed by atoms with Crippen molar-refractivity contribution < 1.29 is 37.0 Å². The maximum atomic E-state index is 14.3. The number of amides is 2. The van der Waals surface area contributed by atoms with Gasteiger partial charge in [-0.3, -0.25) is 14.4 Å². The number of benzene rings is 5. The third-order valence-corrected chi connectivity index (χ3v) is 13.8. The van der Waals surface area contributed by atoms with E-state index in [9.17, 15) is 22.8 Å². The van der Waals surface area contributed by atoms with E-state index in [0.717, 1.165) is 29.7 Å². The molecule has 0 fully saturated rings. The Labute approximate surface area is 384 Å². The molecular weight excluding hydrogens is 848 g/mol. The Morgan fingerprint density at radius 1 is 0.672 bits per heavy atom. The standard InChI is InChI=1S/C52H61ClN2O8S/c1-10-50(6,7)37-24-30-44(42(33-37)51(8,9)11-2)61-32-18-23-46(56)55-43-34-40(63-52(53,47(57)49(3,4)5)48(58)54-38-21-16-13-17-22-38)27-31-45(43)64(59,60)41-28-25-39(26-29-41)62-35-36-19-14-12-15-20-36/h12-17,19-22,24-31,33-34H,10-11,18,23,32,35H2,1-9H3,(H,54,58)(H,55,56). The highest BCUT2D eigenvalue weighted by atomic mass is 35.5. The molecule has 10 nitrogen and oxygen atoms in total. The highest BCUT2D eigenvalue weighted by Crippen LogP contribution is 2.40. The van der Waals surface area contributed by atoms with Gasteiger partial charge in [0.25, 0.3) is 5.91 Å². The summed E-state index contributed by atoms with van der Waals surface area (Å²) in [5.74, 6) is -1.13. The molecule has 12 heteroatoms. The fourth-order valence-corrected chi connectivity index (χ4v) is 8.50. The first-order chi connectivity index (χ1) is 30.1. The van der Waals surface area contributed by atoms with Crippen molar-refractivity contribution in [1.82, 2.24) is 0 Å². The van der Waals surface area contributed by atoms with Crippen molar-refractivity contribution in [3.63, 3.8) is 0 Å². The van der Waals surface area contributed by atoms with Crippen LogP contribution in [-0.4, -0.2) is 37.7 Å². The molecule has 1 unspecified atom stereocenters. The minimum Gasteiger partial charge on any atom is -0.493 e. The Balaban J connectivity index is 1.43. The summed E-state index contributed by atoms with van der Waals surface area (Å²) in [6, 6.07) is 34.1. The molecular formula is C52H61ClN2O8S. The number of Topliss-reactive ketones (excluding diaryl/α,β-unsaturated/α-hetero) is 1. The van der Waals surface area contributed by atoms with E-state index in [1.165, 1.54) is 35.9 Å². The Morgan fingerprint density at radius 2 is 1.28 bits per heavy atom. The summed E-state index contributed by atoms with van der Waals surface area (Å²) in [7, 11) is -4.28. The van der Waals surface area contributed by atoms with Crippen molar-refractivity contribution in [3.05, 3.63) is 138 Å². The van der Waals surface area contributed by atoms with E-state index in [0.29, 0.717) is 24.5 Å². The number of rotatable bonds is 20. The van der Waals surface area contributed by atoms with Crippen LogP contribution in [0, 0.1) is 5.41 Å². The smallest absolute Gasteiger partial charge is 0.320 e. The fourth-order valence-electron chi connectivity index (χ4n) is 6.69. The van der Waals surface area contributed by atoms with Gasteiger partial charge in [-0.2, -0.15) is 0 Å². The third-order valence-electron chi connectivity index (χ3n) is 11.5. The first-order valence-corrected chi connectivity index (χ1v) is 23.5. The second-order valence-electron chi connectivity index (χ2n) is 18.2. The highest BCUT2D eigenvalue weighted by molar-refractivity contribution is 7.91. The van der Waals surface area contributed by atoms with Gasteiger partial charge in [-0.25, -0.2) is 8.42 Å². The molecule has 0 aliphatic rings. The zero-order valence-electron chi connectivity index (χ0n) is 38.3. The van der Waals surface area contributed by atoms with Crippen LogP contribution in [0.15, 0.2) is 131 Å². The largest absolute Gasteiger partial charge is 0.493 e. The summed E-state index contributed by atoms with van der Waals surface area (Å²) in [5.41, 5.74) is 2.21. The quantitative estimate of drug-likeness (QED) is 0.0447. The molecule has 1 atom stereocenters. The molecule has 5 aromatic carbocycles. The molecule has 0 spiro atoms. The average Bonchev–Trinajstić information content (AvgIpc) is 3.27. The van der Waals surface area contributed by atoms with E-state index in [1.807, 2.05) is 36.4 Å². The fraction of sp³-hybridized carbons (Fsp3) is 0.365. The summed E-state index contributed by atoms with van der Waals surface area (Å²) in [6.07, 6.45) is 2.17. The molecule has 340 valence electrons. The van der Waals surface area contributed by atoms with Crippen molar-refractivity contribution in [2.24, 2.45) is 5.41 Å². The van der Waals surface area contributed by atoms with Gasteiger partial charge in [0, 0.05) is 29.2 Å². The van der Waals surface area contributed by atoms with Crippen molar-refractivity contribution >= 4 is 50.4 Å². The molecule has 2 amide bonds. The number of carbonyl (C=O) groups excluding carboxylic acids is 3. The van der Waals surface area contributed by atoms with E-state index in [-0.39, 0.29) is 45.1 Å². The number of anilines is 2. The molecule has 2 N–H and O–H groups in total. The van der Waals surface area contributed by atoms with Crippen molar-refractivity contribution in [3.8, 4) is 17.2 Å². The van der Waals surface area contributed by atoms with Crippen LogP contribution >= 0.6 is 11.6 Å². The monoisotopic (exact) mass is 908 g/mol.